The molecule has 0 aliphatic carbocycles. The number of likely N-dealkylation sites (tertiary alicyclic amines) is 1. The van der Waals surface area contributed by atoms with E-state index in [2.05, 4.69) is 10.2 Å². The van der Waals surface area contributed by atoms with Crippen LogP contribution in [0.1, 0.15) is 34.1 Å². The highest BCUT2D eigenvalue weighted by Crippen LogP contribution is 2.24. The van der Waals surface area contributed by atoms with Gasteiger partial charge < -0.3 is 15.0 Å². The van der Waals surface area contributed by atoms with Crippen LogP contribution in [0.5, 0.6) is 0 Å². The number of carbonyl (C=O) groups is 2. The van der Waals surface area contributed by atoms with Crippen molar-refractivity contribution in [3.8, 4) is 0 Å². The van der Waals surface area contributed by atoms with E-state index in [0.29, 0.717) is 37.6 Å². The summed E-state index contributed by atoms with van der Waals surface area (Å²) in [4.78, 5) is 30.4. The summed E-state index contributed by atoms with van der Waals surface area (Å²) in [6.45, 7) is 3.78. The van der Waals surface area contributed by atoms with Crippen LogP contribution in [0, 0.1) is 5.82 Å². The van der Waals surface area contributed by atoms with Gasteiger partial charge in [0.25, 0.3) is 5.91 Å². The van der Waals surface area contributed by atoms with Crippen LogP contribution in [0.4, 0.5) is 4.39 Å². The van der Waals surface area contributed by atoms with Crippen molar-refractivity contribution in [2.24, 2.45) is 0 Å². The normalized spacial score (nSPS) is 20.8. The molecule has 160 valence electrons. The predicted molar refractivity (Wildman–Crippen MR) is 113 cm³/mol. The Hall–Kier alpha value is -2.29. The number of morpholine rings is 1. The molecule has 6 nitrogen and oxygen atoms in total. The Kier molecular flexibility index (Phi) is 6.76. The van der Waals surface area contributed by atoms with Crippen LogP contribution in [0.2, 0.25) is 0 Å². The Morgan fingerprint density at radius 1 is 1.17 bits per heavy atom. The van der Waals surface area contributed by atoms with E-state index in [0.717, 1.165) is 25.1 Å². The van der Waals surface area contributed by atoms with E-state index in [-0.39, 0.29) is 23.7 Å². The Labute approximate surface area is 179 Å². The van der Waals surface area contributed by atoms with Crippen molar-refractivity contribution in [3.63, 3.8) is 0 Å². The van der Waals surface area contributed by atoms with E-state index < -0.39 is 6.04 Å². The summed E-state index contributed by atoms with van der Waals surface area (Å²) in [5.74, 6) is -0.485. The number of hydrogen-bond acceptors (Lipinski definition) is 5. The largest absolute Gasteiger partial charge is 0.379 e. The number of halogens is 1. The molecule has 2 amide bonds. The van der Waals surface area contributed by atoms with Gasteiger partial charge in [0.05, 0.1) is 24.1 Å². The van der Waals surface area contributed by atoms with Gasteiger partial charge >= 0.3 is 0 Å². The number of carbonyl (C=O) groups excluding carboxylic acids is 2. The van der Waals surface area contributed by atoms with Crippen molar-refractivity contribution < 1.29 is 18.7 Å². The second kappa shape index (κ2) is 9.68. The highest BCUT2D eigenvalue weighted by atomic mass is 32.1. The molecule has 0 bridgehead atoms. The van der Waals surface area contributed by atoms with Gasteiger partial charge in [-0.1, -0.05) is 18.2 Å². The maximum absolute atomic E-state index is 13.4. The molecule has 2 fully saturated rings. The van der Waals surface area contributed by atoms with Gasteiger partial charge in [0.15, 0.2) is 0 Å². The Balaban J connectivity index is 1.43. The van der Waals surface area contributed by atoms with Crippen molar-refractivity contribution in [1.82, 2.24) is 15.1 Å². The zero-order chi connectivity index (χ0) is 20.9. The van der Waals surface area contributed by atoms with Crippen LogP contribution in [-0.4, -0.2) is 67.0 Å². The molecule has 2 aromatic rings. The number of nitrogens with zero attached hydrogens (tertiary/aromatic N) is 2. The van der Waals surface area contributed by atoms with Gasteiger partial charge in [0.2, 0.25) is 5.91 Å². The number of ether oxygens (including phenoxy) is 1. The molecule has 2 aliphatic heterocycles. The van der Waals surface area contributed by atoms with Gasteiger partial charge in [0.1, 0.15) is 11.9 Å². The first kappa shape index (κ1) is 21.0. The van der Waals surface area contributed by atoms with Crippen molar-refractivity contribution in [3.05, 3.63) is 58.0 Å². The molecule has 3 heterocycles. The van der Waals surface area contributed by atoms with E-state index in [1.54, 1.807) is 23.1 Å². The van der Waals surface area contributed by atoms with Gasteiger partial charge in [-0.3, -0.25) is 14.5 Å². The smallest absolute Gasteiger partial charge is 0.264 e. The Morgan fingerprint density at radius 2 is 1.93 bits per heavy atom. The van der Waals surface area contributed by atoms with E-state index in [1.807, 2.05) is 11.4 Å². The molecule has 1 aromatic carbocycles. The first-order valence-electron chi connectivity index (χ1n) is 10.3. The molecule has 4 rings (SSSR count). The zero-order valence-electron chi connectivity index (χ0n) is 16.8. The van der Waals surface area contributed by atoms with Gasteiger partial charge in [-0.05, 0) is 42.0 Å². The average molecular weight is 432 g/mol. The van der Waals surface area contributed by atoms with E-state index in [1.165, 1.54) is 23.5 Å². The number of benzene rings is 1. The average Bonchev–Trinajstić information content (AvgIpc) is 3.48. The lowest BCUT2D eigenvalue weighted by molar-refractivity contribution is -0.125. The third kappa shape index (κ3) is 4.71. The van der Waals surface area contributed by atoms with Crippen molar-refractivity contribution in [2.75, 3.05) is 39.4 Å². The highest BCUT2D eigenvalue weighted by molar-refractivity contribution is 7.12. The second-order valence-electron chi connectivity index (χ2n) is 7.59. The molecule has 2 saturated heterocycles. The minimum absolute atomic E-state index is 0.0682. The third-order valence-corrected chi connectivity index (χ3v) is 6.62. The maximum atomic E-state index is 13.4. The summed E-state index contributed by atoms with van der Waals surface area (Å²) in [5, 5.41) is 4.93. The summed E-state index contributed by atoms with van der Waals surface area (Å²) in [7, 11) is 0. The molecule has 2 atom stereocenters. The van der Waals surface area contributed by atoms with E-state index in [9.17, 15) is 14.0 Å². The first-order chi connectivity index (χ1) is 14.6. The lowest BCUT2D eigenvalue weighted by atomic mass is 10.0. The molecular weight excluding hydrogens is 405 g/mol. The van der Waals surface area contributed by atoms with Gasteiger partial charge in [-0.2, -0.15) is 0 Å². The number of thiophene rings is 1. The molecule has 1 N–H and O–H groups in total. The molecule has 0 radical (unpaired) electrons. The number of amides is 2. The zero-order valence-corrected chi connectivity index (χ0v) is 17.6. The van der Waals surface area contributed by atoms with Crippen LogP contribution in [0.25, 0.3) is 0 Å². The number of hydrogen-bond donors (Lipinski definition) is 1. The Morgan fingerprint density at radius 3 is 2.63 bits per heavy atom. The molecule has 0 saturated carbocycles. The molecule has 8 heteroatoms. The fraction of sp³-hybridized carbons (Fsp3) is 0.455. The Bertz CT molecular complexity index is 853. The fourth-order valence-corrected chi connectivity index (χ4v) is 4.85. The molecular formula is C22H26FN3O3S. The monoisotopic (exact) mass is 431 g/mol. The van der Waals surface area contributed by atoms with Crippen LogP contribution in [-0.2, 0) is 9.53 Å². The SMILES string of the molecule is O=C(NCC(c1ccc(F)cc1)N1CCOCC1)C1CCCN1C(=O)c1cccs1. The highest BCUT2D eigenvalue weighted by Gasteiger charge is 2.35. The third-order valence-electron chi connectivity index (χ3n) is 5.76. The van der Waals surface area contributed by atoms with Crippen LogP contribution >= 0.6 is 11.3 Å². The summed E-state index contributed by atoms with van der Waals surface area (Å²) >= 11 is 1.40. The summed E-state index contributed by atoms with van der Waals surface area (Å²) in [5.41, 5.74) is 0.955. The standard InChI is InChI=1S/C22H26FN3O3S/c23-17-7-5-16(6-8-17)19(25-10-12-29-13-11-25)15-24-21(27)18-3-1-9-26(18)22(28)20-4-2-14-30-20/h2,4-8,14,18-19H,1,3,9-13,15H2,(H,24,27). The number of rotatable bonds is 6. The minimum Gasteiger partial charge on any atom is -0.379 e. The van der Waals surface area contributed by atoms with E-state index >= 15 is 0 Å². The molecule has 1 aromatic heterocycles. The summed E-state index contributed by atoms with van der Waals surface area (Å²) < 4.78 is 18.9. The lowest BCUT2D eigenvalue weighted by Crippen LogP contribution is -2.49. The van der Waals surface area contributed by atoms with Crippen molar-refractivity contribution >= 4 is 23.2 Å². The van der Waals surface area contributed by atoms with Gasteiger partial charge in [0, 0.05) is 26.2 Å². The quantitative estimate of drug-likeness (QED) is 0.764. The lowest BCUT2D eigenvalue weighted by Gasteiger charge is -2.35. The number of nitrogens with one attached hydrogen (secondary N) is 1. The predicted octanol–water partition coefficient (Wildman–Crippen LogP) is 2.68. The van der Waals surface area contributed by atoms with E-state index in [4.69, 9.17) is 4.74 Å². The topological polar surface area (TPSA) is 61.9 Å². The van der Waals surface area contributed by atoms with Crippen LogP contribution in [0.15, 0.2) is 41.8 Å². The van der Waals surface area contributed by atoms with Crippen molar-refractivity contribution in [2.45, 2.75) is 24.9 Å². The van der Waals surface area contributed by atoms with Crippen molar-refractivity contribution in [1.29, 1.82) is 0 Å². The molecule has 2 unspecified atom stereocenters. The summed E-state index contributed by atoms with van der Waals surface area (Å²) in [6.07, 6.45) is 1.49. The fourth-order valence-electron chi connectivity index (χ4n) is 4.17. The van der Waals surface area contributed by atoms with Crippen LogP contribution in [0.3, 0.4) is 0 Å². The second-order valence-corrected chi connectivity index (χ2v) is 8.54. The van der Waals surface area contributed by atoms with Crippen LogP contribution < -0.4 is 5.32 Å². The van der Waals surface area contributed by atoms with Gasteiger partial charge in [-0.15, -0.1) is 11.3 Å². The first-order valence-corrected chi connectivity index (χ1v) is 11.2. The molecule has 30 heavy (non-hydrogen) atoms. The summed E-state index contributed by atoms with van der Waals surface area (Å²) in [6, 6.07) is 9.56. The maximum Gasteiger partial charge on any atom is 0.264 e. The minimum atomic E-state index is -0.446. The van der Waals surface area contributed by atoms with Gasteiger partial charge in [-0.25, -0.2) is 4.39 Å². The molecule has 0 spiro atoms. The molecule has 2 aliphatic rings.